The molecule has 2 aromatic rings. The van der Waals surface area contributed by atoms with Crippen LogP contribution in [0.2, 0.25) is 5.02 Å². The normalized spacial score (nSPS) is 22.6. The molecule has 2 atom stereocenters. The zero-order valence-corrected chi connectivity index (χ0v) is 22.0. The number of piperazine rings is 1. The number of nitrogens with one attached hydrogen (secondary N) is 2. The molecular weight excluding hydrogens is 474 g/mol. The van der Waals surface area contributed by atoms with E-state index >= 15 is 0 Å². The minimum absolute atomic E-state index is 0.0739. The number of carbonyl (C=O) groups is 2. The summed E-state index contributed by atoms with van der Waals surface area (Å²) in [6, 6.07) is 9.60. The van der Waals surface area contributed by atoms with E-state index < -0.39 is 0 Å². The zero-order chi connectivity index (χ0) is 25.1. The van der Waals surface area contributed by atoms with E-state index in [0.29, 0.717) is 29.6 Å². The summed E-state index contributed by atoms with van der Waals surface area (Å²) in [7, 11) is 2.17. The van der Waals surface area contributed by atoms with E-state index in [1.54, 1.807) is 0 Å². The highest BCUT2D eigenvalue weighted by atomic mass is 35.5. The smallest absolute Gasteiger partial charge is 0.268 e. The average molecular weight is 512 g/mol. The van der Waals surface area contributed by atoms with Crippen molar-refractivity contribution in [3.63, 3.8) is 0 Å². The Bertz CT molecular complexity index is 1070. The summed E-state index contributed by atoms with van der Waals surface area (Å²) in [4.78, 5) is 30.9. The summed E-state index contributed by atoms with van der Waals surface area (Å²) in [5.74, 6) is 0.518. The molecule has 1 aliphatic carbocycles. The van der Waals surface area contributed by atoms with Gasteiger partial charge in [-0.15, -0.1) is 0 Å². The lowest BCUT2D eigenvalue weighted by Crippen LogP contribution is -2.53. The maximum absolute atomic E-state index is 13.4. The molecule has 3 heterocycles. The fourth-order valence-corrected chi connectivity index (χ4v) is 6.19. The zero-order valence-electron chi connectivity index (χ0n) is 21.2. The highest BCUT2D eigenvalue weighted by Crippen LogP contribution is 2.30. The number of benzene rings is 1. The van der Waals surface area contributed by atoms with Crippen molar-refractivity contribution in [2.75, 3.05) is 46.3 Å². The van der Waals surface area contributed by atoms with Crippen LogP contribution in [0.15, 0.2) is 36.5 Å². The van der Waals surface area contributed by atoms with Crippen molar-refractivity contribution in [2.45, 2.75) is 50.6 Å². The van der Waals surface area contributed by atoms with Crippen molar-refractivity contribution in [3.05, 3.63) is 47.2 Å². The Morgan fingerprint density at radius 3 is 2.64 bits per heavy atom. The van der Waals surface area contributed by atoms with Crippen molar-refractivity contribution >= 4 is 23.4 Å². The third-order valence-corrected chi connectivity index (χ3v) is 8.40. The Hall–Kier alpha value is -2.35. The van der Waals surface area contributed by atoms with Crippen LogP contribution < -0.4 is 10.6 Å². The van der Waals surface area contributed by atoms with Crippen LogP contribution in [0.1, 0.15) is 55.1 Å². The van der Waals surface area contributed by atoms with Crippen LogP contribution in [0.4, 0.5) is 0 Å². The van der Waals surface area contributed by atoms with Crippen LogP contribution >= 0.6 is 11.6 Å². The van der Waals surface area contributed by atoms with Gasteiger partial charge in [-0.2, -0.15) is 0 Å². The van der Waals surface area contributed by atoms with Crippen LogP contribution in [-0.4, -0.2) is 78.5 Å². The number of rotatable bonds is 7. The molecule has 2 fully saturated rings. The van der Waals surface area contributed by atoms with Crippen LogP contribution in [0.5, 0.6) is 0 Å². The van der Waals surface area contributed by atoms with Gasteiger partial charge in [0.15, 0.2) is 0 Å². The standard InChI is InChI=1S/C28H38ClN5O2/c1-32-10-12-33(13-11-32)19-25(20-6-3-2-4-7-20)31-27(35)16-24-17-30-28(36)26-15-22(18-34(24)26)21-8-5-9-23(29)14-21/h5,8-9,14-15,18,20,24-25H,2-4,6-7,10-13,16-17,19H2,1H3,(H,30,36)(H,31,35)/t24?,25-/m1/s1. The second-order valence-electron chi connectivity index (χ2n) is 10.8. The molecule has 5 rings (SSSR count). The van der Waals surface area contributed by atoms with E-state index in [9.17, 15) is 9.59 Å². The van der Waals surface area contributed by atoms with Crippen LogP contribution in [0.3, 0.4) is 0 Å². The predicted molar refractivity (Wildman–Crippen MR) is 143 cm³/mol. The van der Waals surface area contributed by atoms with Gasteiger partial charge in [-0.25, -0.2) is 0 Å². The van der Waals surface area contributed by atoms with Gasteiger partial charge in [0.2, 0.25) is 5.91 Å². The number of fused-ring (bicyclic) bond motifs is 1. The first kappa shape index (κ1) is 25.3. The molecule has 0 radical (unpaired) electrons. The van der Waals surface area contributed by atoms with Gasteiger partial charge >= 0.3 is 0 Å². The molecule has 1 aromatic heterocycles. The highest BCUT2D eigenvalue weighted by Gasteiger charge is 2.31. The molecule has 2 amide bonds. The molecule has 36 heavy (non-hydrogen) atoms. The Kier molecular flexibility index (Phi) is 7.99. The number of amides is 2. The number of hydrogen-bond donors (Lipinski definition) is 2. The molecule has 1 unspecified atom stereocenters. The maximum atomic E-state index is 13.4. The number of aromatic nitrogens is 1. The SMILES string of the molecule is CN1CCN(C[C@@H](NC(=O)CC2CNC(=O)c3cc(-c4cccc(Cl)c4)cn32)C2CCCCC2)CC1. The second-order valence-corrected chi connectivity index (χ2v) is 11.2. The number of nitrogens with zero attached hydrogens (tertiary/aromatic N) is 3. The molecule has 1 saturated carbocycles. The number of likely N-dealkylation sites (N-methyl/N-ethyl adjacent to an activating group) is 1. The minimum atomic E-state index is -0.110. The average Bonchev–Trinajstić information content (AvgIpc) is 3.34. The summed E-state index contributed by atoms with van der Waals surface area (Å²) in [5, 5.41) is 7.08. The molecular formula is C28H38ClN5O2. The largest absolute Gasteiger partial charge is 0.352 e. The quantitative estimate of drug-likeness (QED) is 0.593. The lowest BCUT2D eigenvalue weighted by molar-refractivity contribution is -0.123. The first-order valence-corrected chi connectivity index (χ1v) is 13.8. The lowest BCUT2D eigenvalue weighted by Gasteiger charge is -2.38. The molecule has 2 aliphatic heterocycles. The Morgan fingerprint density at radius 2 is 1.89 bits per heavy atom. The van der Waals surface area contributed by atoms with Crippen molar-refractivity contribution in [1.29, 1.82) is 0 Å². The lowest BCUT2D eigenvalue weighted by atomic mass is 9.83. The molecule has 8 heteroatoms. The summed E-state index contributed by atoms with van der Waals surface area (Å²) in [6.07, 6.45) is 8.55. The fraction of sp³-hybridized carbons (Fsp3) is 0.571. The van der Waals surface area contributed by atoms with Crippen molar-refractivity contribution in [2.24, 2.45) is 5.92 Å². The van der Waals surface area contributed by atoms with Gasteiger partial charge in [-0.1, -0.05) is 43.0 Å². The van der Waals surface area contributed by atoms with Gasteiger partial charge in [-0.05, 0) is 49.6 Å². The Morgan fingerprint density at radius 1 is 1.11 bits per heavy atom. The molecule has 3 aliphatic rings. The number of hydrogen-bond acceptors (Lipinski definition) is 4. The van der Waals surface area contributed by atoms with Crippen LogP contribution in [-0.2, 0) is 4.79 Å². The maximum Gasteiger partial charge on any atom is 0.268 e. The van der Waals surface area contributed by atoms with E-state index in [2.05, 4.69) is 27.5 Å². The number of halogens is 1. The third-order valence-electron chi connectivity index (χ3n) is 8.17. The number of carbonyl (C=O) groups excluding carboxylic acids is 2. The summed E-state index contributed by atoms with van der Waals surface area (Å²) >= 11 is 6.19. The van der Waals surface area contributed by atoms with Gasteiger partial charge in [0.25, 0.3) is 5.91 Å². The first-order valence-electron chi connectivity index (χ1n) is 13.4. The van der Waals surface area contributed by atoms with Gasteiger partial charge in [0, 0.05) is 68.5 Å². The van der Waals surface area contributed by atoms with E-state index in [1.807, 2.05) is 41.1 Å². The highest BCUT2D eigenvalue weighted by molar-refractivity contribution is 6.30. The van der Waals surface area contributed by atoms with E-state index in [1.165, 1.54) is 32.1 Å². The summed E-state index contributed by atoms with van der Waals surface area (Å²) in [5.41, 5.74) is 2.49. The van der Waals surface area contributed by atoms with Gasteiger partial charge in [0.05, 0.1) is 6.04 Å². The minimum Gasteiger partial charge on any atom is -0.352 e. The molecule has 0 bridgehead atoms. The predicted octanol–water partition coefficient (Wildman–Crippen LogP) is 3.80. The van der Waals surface area contributed by atoms with Gasteiger partial charge < -0.3 is 20.1 Å². The molecule has 194 valence electrons. The monoisotopic (exact) mass is 511 g/mol. The van der Waals surface area contributed by atoms with E-state index in [4.69, 9.17) is 11.6 Å². The van der Waals surface area contributed by atoms with E-state index in [0.717, 1.165) is 43.9 Å². The molecule has 1 aromatic carbocycles. The van der Waals surface area contributed by atoms with Crippen molar-refractivity contribution in [1.82, 2.24) is 25.0 Å². The van der Waals surface area contributed by atoms with Crippen LogP contribution in [0, 0.1) is 5.92 Å². The summed E-state index contributed by atoms with van der Waals surface area (Å²) < 4.78 is 1.98. The first-order chi connectivity index (χ1) is 17.5. The summed E-state index contributed by atoms with van der Waals surface area (Å²) in [6.45, 7) is 5.66. The van der Waals surface area contributed by atoms with E-state index in [-0.39, 0.29) is 23.9 Å². The fourth-order valence-electron chi connectivity index (χ4n) is 6.00. The van der Waals surface area contributed by atoms with Crippen molar-refractivity contribution in [3.8, 4) is 11.1 Å². The third kappa shape index (κ3) is 5.96. The molecule has 2 N–H and O–H groups in total. The molecule has 7 nitrogen and oxygen atoms in total. The second kappa shape index (κ2) is 11.4. The molecule has 1 saturated heterocycles. The van der Waals surface area contributed by atoms with Crippen LogP contribution in [0.25, 0.3) is 11.1 Å². The Labute approximate surface area is 219 Å². The van der Waals surface area contributed by atoms with Crippen molar-refractivity contribution < 1.29 is 9.59 Å². The topological polar surface area (TPSA) is 69.6 Å². The Balaban J connectivity index is 1.28. The molecule has 0 spiro atoms. The van der Waals surface area contributed by atoms with Gasteiger partial charge in [-0.3, -0.25) is 14.5 Å². The van der Waals surface area contributed by atoms with Gasteiger partial charge in [0.1, 0.15) is 5.69 Å².